The van der Waals surface area contributed by atoms with Crippen LogP contribution in [0.1, 0.15) is 18.1 Å². The third-order valence-corrected chi connectivity index (χ3v) is 7.57. The molecule has 0 aliphatic rings. The molecule has 0 bridgehead atoms. The van der Waals surface area contributed by atoms with Crippen molar-refractivity contribution in [1.29, 1.82) is 0 Å². The Kier molecular flexibility index (Phi) is 10.8. The van der Waals surface area contributed by atoms with Crippen LogP contribution in [-0.2, 0) is 32.6 Å². The largest absolute Gasteiger partial charge is 0.493 e. The second kappa shape index (κ2) is 14.0. The molecule has 3 rings (SSSR count). The first-order chi connectivity index (χ1) is 19.1. The Hall–Kier alpha value is -3.76. The number of amides is 2. The van der Waals surface area contributed by atoms with E-state index < -0.39 is 28.5 Å². The Labute approximate surface area is 240 Å². The van der Waals surface area contributed by atoms with E-state index in [1.807, 2.05) is 30.3 Å². The Morgan fingerprint density at radius 2 is 1.60 bits per heavy atom. The lowest BCUT2D eigenvalue weighted by molar-refractivity contribution is -0.140. The van der Waals surface area contributed by atoms with Crippen molar-refractivity contribution in [2.45, 2.75) is 25.9 Å². The molecule has 0 unspecified atom stereocenters. The molecule has 3 aromatic rings. The van der Waals surface area contributed by atoms with Gasteiger partial charge in [-0.1, -0.05) is 54.1 Å². The molecule has 0 heterocycles. The molecule has 214 valence electrons. The number of halogens is 1. The predicted molar refractivity (Wildman–Crippen MR) is 156 cm³/mol. The predicted octanol–water partition coefficient (Wildman–Crippen LogP) is 3.90. The minimum atomic E-state index is -3.92. The van der Waals surface area contributed by atoms with Crippen molar-refractivity contribution in [2.75, 3.05) is 37.9 Å². The van der Waals surface area contributed by atoms with E-state index in [0.29, 0.717) is 28.6 Å². The molecule has 0 fully saturated rings. The summed E-state index contributed by atoms with van der Waals surface area (Å²) < 4.78 is 37.5. The number of anilines is 1. The van der Waals surface area contributed by atoms with Crippen molar-refractivity contribution >= 4 is 39.1 Å². The lowest BCUT2D eigenvalue weighted by Crippen LogP contribution is -2.53. The van der Waals surface area contributed by atoms with Crippen LogP contribution in [0.4, 0.5) is 5.69 Å². The maximum Gasteiger partial charge on any atom is 0.244 e. The van der Waals surface area contributed by atoms with Crippen molar-refractivity contribution in [3.63, 3.8) is 0 Å². The average molecular weight is 588 g/mol. The van der Waals surface area contributed by atoms with Crippen molar-refractivity contribution in [3.05, 3.63) is 88.9 Å². The number of rotatable bonds is 13. The summed E-state index contributed by atoms with van der Waals surface area (Å²) in [6.45, 7) is 1.66. The van der Waals surface area contributed by atoms with E-state index in [1.165, 1.54) is 31.3 Å². The fourth-order valence-corrected chi connectivity index (χ4v) is 5.33. The maximum atomic E-state index is 14.0. The smallest absolute Gasteiger partial charge is 0.244 e. The number of hydrogen-bond acceptors (Lipinski definition) is 6. The van der Waals surface area contributed by atoms with Gasteiger partial charge in [-0.25, -0.2) is 8.42 Å². The second-order valence-electron chi connectivity index (χ2n) is 9.06. The molecule has 0 spiro atoms. The zero-order valence-corrected chi connectivity index (χ0v) is 24.5. The molecule has 0 saturated heterocycles. The van der Waals surface area contributed by atoms with Gasteiger partial charge in [-0.15, -0.1) is 0 Å². The molecular formula is C29H34ClN3O6S. The van der Waals surface area contributed by atoms with Crippen LogP contribution in [-0.4, -0.2) is 64.7 Å². The lowest BCUT2D eigenvalue weighted by atomic mass is 10.0. The highest BCUT2D eigenvalue weighted by atomic mass is 35.5. The van der Waals surface area contributed by atoms with Crippen LogP contribution in [0.3, 0.4) is 0 Å². The summed E-state index contributed by atoms with van der Waals surface area (Å²) in [5.74, 6) is -0.194. The molecule has 0 saturated carbocycles. The molecular weight excluding hydrogens is 554 g/mol. The standard InChI is InChI=1S/C29H34ClN3O6S/c1-5-31-29(35)25(17-21-10-7-6-8-11-21)32(19-22-12-9-13-23(30)16-22)28(34)20-33(40(4,36)37)24-14-15-26(38-2)27(18-24)39-3/h6-16,18,25H,5,17,19-20H2,1-4H3,(H,31,35)/t25-/m1/s1. The van der Waals surface area contributed by atoms with Gasteiger partial charge < -0.3 is 19.7 Å². The maximum absolute atomic E-state index is 14.0. The number of likely N-dealkylation sites (N-methyl/N-ethyl adjacent to an activating group) is 1. The van der Waals surface area contributed by atoms with Crippen molar-refractivity contribution in [2.24, 2.45) is 0 Å². The van der Waals surface area contributed by atoms with Gasteiger partial charge in [0.25, 0.3) is 0 Å². The minimum Gasteiger partial charge on any atom is -0.493 e. The molecule has 2 amide bonds. The highest BCUT2D eigenvalue weighted by Crippen LogP contribution is 2.32. The van der Waals surface area contributed by atoms with Crippen molar-refractivity contribution in [1.82, 2.24) is 10.2 Å². The molecule has 0 aliphatic carbocycles. The zero-order valence-electron chi connectivity index (χ0n) is 23.0. The second-order valence-corrected chi connectivity index (χ2v) is 11.4. The monoisotopic (exact) mass is 587 g/mol. The molecule has 0 aliphatic heterocycles. The quantitative estimate of drug-likeness (QED) is 0.325. The van der Waals surface area contributed by atoms with Gasteiger partial charge in [-0.3, -0.25) is 13.9 Å². The van der Waals surface area contributed by atoms with Gasteiger partial charge in [-0.2, -0.15) is 0 Å². The normalized spacial score (nSPS) is 11.8. The van der Waals surface area contributed by atoms with Gasteiger partial charge in [0.15, 0.2) is 11.5 Å². The number of carbonyl (C=O) groups excluding carboxylic acids is 2. The van der Waals surface area contributed by atoms with Gasteiger partial charge in [0.1, 0.15) is 12.6 Å². The average Bonchev–Trinajstić information content (AvgIpc) is 2.93. The molecule has 0 aromatic heterocycles. The molecule has 40 heavy (non-hydrogen) atoms. The van der Waals surface area contributed by atoms with Crippen LogP contribution in [0.5, 0.6) is 11.5 Å². The third kappa shape index (κ3) is 8.12. The zero-order chi connectivity index (χ0) is 29.3. The van der Waals surface area contributed by atoms with Gasteiger partial charge in [0.2, 0.25) is 21.8 Å². The summed E-state index contributed by atoms with van der Waals surface area (Å²) >= 11 is 6.21. The van der Waals surface area contributed by atoms with Crippen molar-refractivity contribution < 1.29 is 27.5 Å². The van der Waals surface area contributed by atoms with Gasteiger partial charge in [0.05, 0.1) is 26.2 Å². The summed E-state index contributed by atoms with van der Waals surface area (Å²) in [7, 11) is -1.01. The first kappa shape index (κ1) is 30.8. The number of nitrogens with one attached hydrogen (secondary N) is 1. The van der Waals surface area contributed by atoms with E-state index in [0.717, 1.165) is 16.1 Å². The van der Waals surface area contributed by atoms with Crippen LogP contribution >= 0.6 is 11.6 Å². The highest BCUT2D eigenvalue weighted by molar-refractivity contribution is 7.92. The van der Waals surface area contributed by atoms with Gasteiger partial charge in [0, 0.05) is 30.6 Å². The molecule has 9 nitrogen and oxygen atoms in total. The number of benzene rings is 3. The summed E-state index contributed by atoms with van der Waals surface area (Å²) in [5, 5.41) is 3.30. The van der Waals surface area contributed by atoms with E-state index >= 15 is 0 Å². The SMILES string of the molecule is CCNC(=O)[C@@H](Cc1ccccc1)N(Cc1cccc(Cl)c1)C(=O)CN(c1ccc(OC)c(OC)c1)S(C)(=O)=O. The number of ether oxygens (including phenoxy) is 2. The fourth-order valence-electron chi connectivity index (χ4n) is 4.27. The van der Waals surface area contributed by atoms with Crippen molar-refractivity contribution in [3.8, 4) is 11.5 Å². The molecule has 3 aromatic carbocycles. The third-order valence-electron chi connectivity index (χ3n) is 6.20. The first-order valence-corrected chi connectivity index (χ1v) is 14.8. The minimum absolute atomic E-state index is 0.0392. The number of hydrogen-bond donors (Lipinski definition) is 1. The highest BCUT2D eigenvalue weighted by Gasteiger charge is 2.33. The Bertz CT molecular complexity index is 1420. The van der Waals surface area contributed by atoms with Crippen LogP contribution in [0.15, 0.2) is 72.8 Å². The topological polar surface area (TPSA) is 105 Å². The molecule has 1 N–H and O–H groups in total. The van der Waals surface area contributed by atoms with E-state index in [9.17, 15) is 18.0 Å². The van der Waals surface area contributed by atoms with Gasteiger partial charge in [-0.05, 0) is 42.3 Å². The van der Waals surface area contributed by atoms with Crippen LogP contribution in [0, 0.1) is 0 Å². The fraction of sp³-hybridized carbons (Fsp3) is 0.310. The van der Waals surface area contributed by atoms with Crippen LogP contribution in [0.25, 0.3) is 0 Å². The molecule has 1 atom stereocenters. The molecule has 0 radical (unpaired) electrons. The number of methoxy groups -OCH3 is 2. The van der Waals surface area contributed by atoms with Crippen LogP contribution < -0.4 is 19.1 Å². The number of carbonyl (C=O) groups is 2. The summed E-state index contributed by atoms with van der Waals surface area (Å²) in [5.41, 5.74) is 1.76. The Morgan fingerprint density at radius 1 is 0.925 bits per heavy atom. The van der Waals surface area contributed by atoms with E-state index in [-0.39, 0.29) is 24.6 Å². The molecule has 11 heteroatoms. The number of nitrogens with zero attached hydrogens (tertiary/aromatic N) is 2. The first-order valence-electron chi connectivity index (χ1n) is 12.6. The summed E-state index contributed by atoms with van der Waals surface area (Å²) in [4.78, 5) is 28.8. The van der Waals surface area contributed by atoms with Gasteiger partial charge >= 0.3 is 0 Å². The Morgan fingerprint density at radius 3 is 2.20 bits per heavy atom. The summed E-state index contributed by atoms with van der Waals surface area (Å²) in [6, 6.07) is 20.0. The van der Waals surface area contributed by atoms with E-state index in [1.54, 1.807) is 37.3 Å². The Balaban J connectivity index is 2.06. The van der Waals surface area contributed by atoms with E-state index in [4.69, 9.17) is 21.1 Å². The van der Waals surface area contributed by atoms with E-state index in [2.05, 4.69) is 5.32 Å². The van der Waals surface area contributed by atoms with Crippen LogP contribution in [0.2, 0.25) is 5.02 Å². The lowest BCUT2D eigenvalue weighted by Gasteiger charge is -2.33. The number of sulfonamides is 1. The summed E-state index contributed by atoms with van der Waals surface area (Å²) in [6.07, 6.45) is 1.25.